The maximum Gasteiger partial charge on any atom is 0.345 e. The smallest absolute Gasteiger partial charge is 0.345 e. The number of halogens is 4. The maximum atomic E-state index is 12.8. The van der Waals surface area contributed by atoms with Gasteiger partial charge in [0.25, 0.3) is 0 Å². The number of carbonyl (C=O) groups is 3. The van der Waals surface area contributed by atoms with E-state index in [4.69, 9.17) is 51.1 Å². The van der Waals surface area contributed by atoms with E-state index in [1.807, 2.05) is 12.1 Å². The number of nitrogens with one attached hydrogen (secondary N) is 2. The van der Waals surface area contributed by atoms with Gasteiger partial charge in [0.2, 0.25) is 0 Å². The normalized spacial score (nSPS) is 10.9. The number of esters is 1. The third-order valence-corrected chi connectivity index (χ3v) is 6.14. The Labute approximate surface area is 230 Å². The lowest BCUT2D eigenvalue weighted by molar-refractivity contribution is -0.136. The average Bonchev–Trinajstić information content (AvgIpc) is 2.87. The van der Waals surface area contributed by atoms with Gasteiger partial charge >= 0.3 is 17.8 Å². The number of fused-ring (bicyclic) bond motifs is 1. The Morgan fingerprint density at radius 2 is 1.51 bits per heavy atom. The molecule has 0 saturated heterocycles. The summed E-state index contributed by atoms with van der Waals surface area (Å²) in [6.07, 6.45) is 1.27. The van der Waals surface area contributed by atoms with Gasteiger partial charge < -0.3 is 10.1 Å². The topological polar surface area (TPSA) is 96.9 Å². The van der Waals surface area contributed by atoms with Crippen molar-refractivity contribution in [3.05, 3.63) is 104 Å². The number of amides is 2. The van der Waals surface area contributed by atoms with Crippen LogP contribution in [0.2, 0.25) is 20.1 Å². The van der Waals surface area contributed by atoms with Gasteiger partial charge in [-0.05, 0) is 53.2 Å². The summed E-state index contributed by atoms with van der Waals surface area (Å²) in [6.45, 7) is 0. The number of hydrogen-bond acceptors (Lipinski definition) is 5. The molecule has 0 aliphatic heterocycles. The summed E-state index contributed by atoms with van der Waals surface area (Å²) >= 11 is 24.0. The van der Waals surface area contributed by atoms with Crippen LogP contribution in [-0.2, 0) is 9.59 Å². The van der Waals surface area contributed by atoms with Gasteiger partial charge in [-0.3, -0.25) is 9.59 Å². The molecule has 0 unspecified atom stereocenters. The highest BCUT2D eigenvalue weighted by atomic mass is 35.5. The summed E-state index contributed by atoms with van der Waals surface area (Å²) in [6, 6.07) is 19.5. The quantitative estimate of drug-likeness (QED) is 0.0904. The second-order valence-electron chi connectivity index (χ2n) is 7.49. The molecule has 0 aliphatic rings. The monoisotopic (exact) mass is 573 g/mol. The molecule has 0 bridgehead atoms. The zero-order valence-electron chi connectivity index (χ0n) is 18.6. The Balaban J connectivity index is 1.56. The number of ether oxygens (including phenoxy) is 1. The Kier molecular flexibility index (Phi) is 8.31. The zero-order valence-corrected chi connectivity index (χ0v) is 21.6. The molecule has 0 saturated carbocycles. The fraction of sp³-hybridized carbons (Fsp3) is 0. The van der Waals surface area contributed by atoms with Crippen LogP contribution in [0.3, 0.4) is 0 Å². The molecule has 4 aromatic carbocycles. The van der Waals surface area contributed by atoms with E-state index in [2.05, 4.69) is 15.8 Å². The van der Waals surface area contributed by atoms with Crippen LogP contribution in [0.5, 0.6) is 5.75 Å². The minimum atomic E-state index is -1.06. The van der Waals surface area contributed by atoms with Crippen molar-refractivity contribution < 1.29 is 19.1 Å². The first-order valence-corrected chi connectivity index (χ1v) is 12.0. The molecule has 37 heavy (non-hydrogen) atoms. The molecule has 0 aromatic heterocycles. The van der Waals surface area contributed by atoms with Crippen LogP contribution in [0, 0.1) is 0 Å². The zero-order chi connectivity index (χ0) is 26.5. The molecule has 0 fully saturated rings. The van der Waals surface area contributed by atoms with Crippen molar-refractivity contribution >= 4 is 86.9 Å². The summed E-state index contributed by atoms with van der Waals surface area (Å²) in [5.41, 5.74) is 2.81. The van der Waals surface area contributed by atoms with E-state index >= 15 is 0 Å². The van der Waals surface area contributed by atoms with Gasteiger partial charge in [-0.25, -0.2) is 10.2 Å². The summed E-state index contributed by atoms with van der Waals surface area (Å²) < 4.78 is 5.59. The molecular formula is C26H15Cl4N3O4. The molecule has 0 radical (unpaired) electrons. The lowest BCUT2D eigenvalue weighted by atomic mass is 10.0. The fourth-order valence-electron chi connectivity index (χ4n) is 3.29. The number of anilines is 1. The standard InChI is InChI=1S/C26H15Cl4N3O4/c27-15-6-8-18(21(30)11-15)26(36)37-23-10-5-14-3-1-2-4-17(14)19(23)13-31-33-25(35)24(34)32-22-12-16(28)7-9-20(22)29/h1-13H,(H,32,34)(H,33,35)/b31-13+. The molecule has 0 heterocycles. The van der Waals surface area contributed by atoms with Gasteiger partial charge in [0.1, 0.15) is 5.75 Å². The number of nitrogens with zero attached hydrogens (tertiary/aromatic N) is 1. The number of hydrazone groups is 1. The van der Waals surface area contributed by atoms with Gasteiger partial charge in [0.05, 0.1) is 27.5 Å². The third kappa shape index (κ3) is 6.39. The summed E-state index contributed by atoms with van der Waals surface area (Å²) in [4.78, 5) is 37.3. The molecule has 2 amide bonds. The van der Waals surface area contributed by atoms with Crippen molar-refractivity contribution in [1.29, 1.82) is 0 Å². The summed E-state index contributed by atoms with van der Waals surface area (Å²) in [7, 11) is 0. The van der Waals surface area contributed by atoms with E-state index < -0.39 is 17.8 Å². The molecule has 0 aliphatic carbocycles. The fourth-order valence-corrected chi connectivity index (χ4v) is 4.11. The van der Waals surface area contributed by atoms with Crippen LogP contribution in [0.15, 0.2) is 77.9 Å². The highest BCUT2D eigenvalue weighted by molar-refractivity contribution is 6.42. The molecule has 2 N–H and O–H groups in total. The highest BCUT2D eigenvalue weighted by Crippen LogP contribution is 2.29. The van der Waals surface area contributed by atoms with Crippen LogP contribution in [-0.4, -0.2) is 24.0 Å². The van der Waals surface area contributed by atoms with E-state index in [-0.39, 0.29) is 27.0 Å². The van der Waals surface area contributed by atoms with Crippen molar-refractivity contribution in [2.24, 2.45) is 5.10 Å². The first kappa shape index (κ1) is 26.4. The van der Waals surface area contributed by atoms with Gasteiger partial charge in [0.15, 0.2) is 0 Å². The van der Waals surface area contributed by atoms with Crippen LogP contribution in [0.4, 0.5) is 5.69 Å². The van der Waals surface area contributed by atoms with Crippen molar-refractivity contribution in [2.45, 2.75) is 0 Å². The van der Waals surface area contributed by atoms with Crippen LogP contribution < -0.4 is 15.5 Å². The van der Waals surface area contributed by atoms with E-state index in [1.165, 1.54) is 36.5 Å². The molecule has 4 aromatic rings. The Bertz CT molecular complexity index is 1570. The first-order chi connectivity index (χ1) is 17.7. The number of rotatable bonds is 5. The second-order valence-corrected chi connectivity index (χ2v) is 9.18. The first-order valence-electron chi connectivity index (χ1n) is 10.5. The number of hydrogen-bond donors (Lipinski definition) is 2. The number of benzene rings is 4. The van der Waals surface area contributed by atoms with E-state index in [0.717, 1.165) is 5.39 Å². The van der Waals surface area contributed by atoms with E-state index in [1.54, 1.807) is 30.3 Å². The molecule has 7 nitrogen and oxygen atoms in total. The van der Waals surface area contributed by atoms with Crippen molar-refractivity contribution in [2.75, 3.05) is 5.32 Å². The lowest BCUT2D eigenvalue weighted by Gasteiger charge is -2.11. The maximum absolute atomic E-state index is 12.8. The predicted molar refractivity (Wildman–Crippen MR) is 146 cm³/mol. The van der Waals surface area contributed by atoms with E-state index in [9.17, 15) is 14.4 Å². The molecule has 4 rings (SSSR count). The van der Waals surface area contributed by atoms with Gasteiger partial charge in [0, 0.05) is 15.6 Å². The van der Waals surface area contributed by atoms with Crippen LogP contribution in [0.25, 0.3) is 10.8 Å². The van der Waals surface area contributed by atoms with Gasteiger partial charge in [-0.15, -0.1) is 0 Å². The SMILES string of the molecule is O=C(N/N=C/c1c(OC(=O)c2ccc(Cl)cc2Cl)ccc2ccccc12)C(=O)Nc1cc(Cl)ccc1Cl. The van der Waals surface area contributed by atoms with Crippen molar-refractivity contribution in [3.8, 4) is 5.75 Å². The van der Waals surface area contributed by atoms with Crippen LogP contribution in [0.1, 0.15) is 15.9 Å². The highest BCUT2D eigenvalue weighted by Gasteiger charge is 2.18. The van der Waals surface area contributed by atoms with Gasteiger partial charge in [-0.1, -0.05) is 76.7 Å². The average molecular weight is 575 g/mol. The Morgan fingerprint density at radius 1 is 0.784 bits per heavy atom. The predicted octanol–water partition coefficient (Wildman–Crippen LogP) is 6.76. The Hall–Kier alpha value is -3.62. The molecule has 0 spiro atoms. The minimum absolute atomic E-state index is 0.117. The molecule has 11 heteroatoms. The largest absolute Gasteiger partial charge is 0.422 e. The molecular weight excluding hydrogens is 560 g/mol. The van der Waals surface area contributed by atoms with Crippen molar-refractivity contribution in [3.63, 3.8) is 0 Å². The molecule has 0 atom stereocenters. The second kappa shape index (κ2) is 11.6. The third-order valence-electron chi connectivity index (χ3n) is 5.03. The Morgan fingerprint density at radius 3 is 2.30 bits per heavy atom. The lowest BCUT2D eigenvalue weighted by Crippen LogP contribution is -2.32. The number of carbonyl (C=O) groups excluding carboxylic acids is 3. The molecule has 186 valence electrons. The van der Waals surface area contributed by atoms with E-state index in [0.29, 0.717) is 21.0 Å². The minimum Gasteiger partial charge on any atom is -0.422 e. The summed E-state index contributed by atoms with van der Waals surface area (Å²) in [5.74, 6) is -2.63. The summed E-state index contributed by atoms with van der Waals surface area (Å²) in [5, 5.41) is 8.80. The van der Waals surface area contributed by atoms with Crippen molar-refractivity contribution in [1.82, 2.24) is 5.43 Å². The van der Waals surface area contributed by atoms with Crippen LogP contribution >= 0.6 is 46.4 Å². The van der Waals surface area contributed by atoms with Gasteiger partial charge in [-0.2, -0.15) is 5.10 Å².